The summed E-state index contributed by atoms with van der Waals surface area (Å²) < 4.78 is 26.3. The normalized spacial score (nSPS) is 10.7. The molecule has 34 heavy (non-hydrogen) atoms. The highest BCUT2D eigenvalue weighted by Crippen LogP contribution is 2.30. The van der Waals surface area contributed by atoms with Crippen molar-refractivity contribution in [3.63, 3.8) is 0 Å². The van der Waals surface area contributed by atoms with E-state index in [4.69, 9.17) is 18.6 Å². The third kappa shape index (κ3) is 5.75. The number of nitriles is 1. The fraction of sp³-hybridized carbons (Fsp3) is 0.160. The molecule has 1 N–H and O–H groups in total. The van der Waals surface area contributed by atoms with Gasteiger partial charge in [0.1, 0.15) is 29.8 Å². The number of anilines is 1. The predicted octanol–water partition coefficient (Wildman–Crippen LogP) is 4.21. The number of hydrogen-bond acceptors (Lipinski definition) is 8. The molecule has 0 atom stereocenters. The molecule has 0 bridgehead atoms. The number of para-hydroxylation sites is 2. The number of carbonyl (C=O) groups is 2. The summed E-state index contributed by atoms with van der Waals surface area (Å²) in [6.07, 6.45) is 1.44. The van der Waals surface area contributed by atoms with Gasteiger partial charge in [0.05, 0.1) is 27.0 Å². The van der Waals surface area contributed by atoms with Crippen molar-refractivity contribution in [2.24, 2.45) is 0 Å². The van der Waals surface area contributed by atoms with Crippen LogP contribution in [0.2, 0.25) is 0 Å². The van der Waals surface area contributed by atoms with Crippen LogP contribution in [0.4, 0.5) is 5.69 Å². The van der Waals surface area contributed by atoms with Crippen molar-refractivity contribution >= 4 is 23.6 Å². The number of hydrogen-bond donors (Lipinski definition) is 1. The number of carbonyl (C=O) groups excluding carboxylic acids is 2. The molecule has 0 aliphatic carbocycles. The van der Waals surface area contributed by atoms with E-state index in [1.54, 1.807) is 48.5 Å². The molecule has 3 aromatic rings. The minimum Gasteiger partial charge on any atom is -0.495 e. The van der Waals surface area contributed by atoms with Gasteiger partial charge in [-0.25, -0.2) is 4.79 Å². The van der Waals surface area contributed by atoms with Crippen LogP contribution in [0.3, 0.4) is 0 Å². The van der Waals surface area contributed by atoms with E-state index in [9.17, 15) is 14.9 Å². The van der Waals surface area contributed by atoms with Crippen LogP contribution in [-0.4, -0.2) is 33.2 Å². The maximum atomic E-state index is 12.6. The third-order valence-electron chi connectivity index (χ3n) is 4.64. The second-order valence-corrected chi connectivity index (χ2v) is 6.78. The summed E-state index contributed by atoms with van der Waals surface area (Å²) in [5, 5.41) is 12.2. The number of benzene rings is 2. The second kappa shape index (κ2) is 11.2. The first-order valence-corrected chi connectivity index (χ1v) is 10.0. The molecule has 9 nitrogen and oxygen atoms in total. The number of ether oxygens (including phenoxy) is 4. The van der Waals surface area contributed by atoms with Crippen LogP contribution in [0.1, 0.15) is 21.9 Å². The molecule has 9 heteroatoms. The average Bonchev–Trinajstić information content (AvgIpc) is 3.35. The zero-order valence-electron chi connectivity index (χ0n) is 18.8. The van der Waals surface area contributed by atoms with Crippen molar-refractivity contribution in [1.82, 2.24) is 0 Å². The van der Waals surface area contributed by atoms with Gasteiger partial charge in [-0.05, 0) is 48.0 Å². The van der Waals surface area contributed by atoms with E-state index >= 15 is 0 Å². The molecular formula is C25H22N2O7. The van der Waals surface area contributed by atoms with E-state index < -0.39 is 11.9 Å². The molecule has 0 aliphatic rings. The Balaban J connectivity index is 1.74. The van der Waals surface area contributed by atoms with Gasteiger partial charge < -0.3 is 28.7 Å². The SMILES string of the molecule is COC(=O)c1ccc(COc2ccc(/C=C(\C#N)C(=O)Nc3ccccc3OC)cc2OC)o1. The number of amides is 1. The van der Waals surface area contributed by atoms with Gasteiger partial charge in [0.15, 0.2) is 11.5 Å². The lowest BCUT2D eigenvalue weighted by Crippen LogP contribution is -2.14. The summed E-state index contributed by atoms with van der Waals surface area (Å²) in [7, 11) is 4.23. The van der Waals surface area contributed by atoms with Gasteiger partial charge in [0.2, 0.25) is 5.76 Å². The predicted molar refractivity (Wildman–Crippen MR) is 123 cm³/mol. The number of nitrogens with zero attached hydrogens (tertiary/aromatic N) is 1. The smallest absolute Gasteiger partial charge is 0.373 e. The van der Waals surface area contributed by atoms with Crippen LogP contribution < -0.4 is 19.5 Å². The Hall–Kier alpha value is -4.71. The molecular weight excluding hydrogens is 440 g/mol. The maximum Gasteiger partial charge on any atom is 0.373 e. The van der Waals surface area contributed by atoms with Crippen LogP contribution in [0, 0.1) is 11.3 Å². The average molecular weight is 462 g/mol. The summed E-state index contributed by atoms with van der Waals surface area (Å²) in [6.45, 7) is 0.0489. The minimum atomic E-state index is -0.581. The van der Waals surface area contributed by atoms with E-state index in [1.165, 1.54) is 33.5 Å². The van der Waals surface area contributed by atoms with Gasteiger partial charge in [0, 0.05) is 0 Å². The van der Waals surface area contributed by atoms with E-state index in [1.807, 2.05) is 6.07 Å². The fourth-order valence-corrected chi connectivity index (χ4v) is 2.96. The quantitative estimate of drug-likeness (QED) is 0.285. The van der Waals surface area contributed by atoms with Crippen molar-refractivity contribution in [2.45, 2.75) is 6.61 Å². The summed E-state index contributed by atoms with van der Waals surface area (Å²) >= 11 is 0. The lowest BCUT2D eigenvalue weighted by molar-refractivity contribution is -0.112. The minimum absolute atomic E-state index is 0.0489. The monoisotopic (exact) mass is 462 g/mol. The van der Waals surface area contributed by atoms with E-state index in [0.717, 1.165) is 0 Å². The van der Waals surface area contributed by atoms with Gasteiger partial charge >= 0.3 is 5.97 Å². The largest absolute Gasteiger partial charge is 0.495 e. The number of nitrogens with one attached hydrogen (secondary N) is 1. The van der Waals surface area contributed by atoms with Gasteiger partial charge in [-0.3, -0.25) is 4.79 Å². The highest BCUT2D eigenvalue weighted by atomic mass is 16.5. The number of rotatable bonds is 9. The summed E-state index contributed by atoms with van der Waals surface area (Å²) in [6, 6.07) is 16.9. The van der Waals surface area contributed by atoms with Crippen molar-refractivity contribution in [3.8, 4) is 23.3 Å². The van der Waals surface area contributed by atoms with Gasteiger partial charge in [-0.1, -0.05) is 18.2 Å². The lowest BCUT2D eigenvalue weighted by Gasteiger charge is -2.11. The standard InChI is InChI=1S/C25H22N2O7/c1-30-20-7-5-4-6-19(20)27-24(28)17(14-26)12-16-8-10-21(23(13-16)31-2)33-15-18-9-11-22(34-18)25(29)32-3/h4-13H,15H2,1-3H3,(H,27,28)/b17-12+. The Morgan fingerprint density at radius 1 is 1.00 bits per heavy atom. The van der Waals surface area contributed by atoms with Gasteiger partial charge in [-0.2, -0.15) is 5.26 Å². The zero-order chi connectivity index (χ0) is 24.5. The molecule has 1 aromatic heterocycles. The fourth-order valence-electron chi connectivity index (χ4n) is 2.96. The zero-order valence-corrected chi connectivity index (χ0v) is 18.8. The molecule has 174 valence electrons. The molecule has 0 spiro atoms. The first-order valence-electron chi connectivity index (χ1n) is 10.0. The molecule has 1 amide bonds. The summed E-state index contributed by atoms with van der Waals surface area (Å²) in [5.41, 5.74) is 0.903. The molecule has 2 aromatic carbocycles. The molecule has 0 saturated carbocycles. The molecule has 0 saturated heterocycles. The second-order valence-electron chi connectivity index (χ2n) is 6.78. The van der Waals surface area contributed by atoms with Crippen LogP contribution in [0.5, 0.6) is 17.2 Å². The number of methoxy groups -OCH3 is 3. The Morgan fingerprint density at radius 2 is 1.76 bits per heavy atom. The van der Waals surface area contributed by atoms with Crippen molar-refractivity contribution in [3.05, 3.63) is 77.3 Å². The Bertz CT molecular complexity index is 1250. The van der Waals surface area contributed by atoms with E-state index in [2.05, 4.69) is 10.1 Å². The Labute approximate surface area is 196 Å². The molecule has 0 unspecified atom stereocenters. The maximum absolute atomic E-state index is 12.6. The topological polar surface area (TPSA) is 120 Å². The highest BCUT2D eigenvalue weighted by molar-refractivity contribution is 6.10. The lowest BCUT2D eigenvalue weighted by atomic mass is 10.1. The van der Waals surface area contributed by atoms with E-state index in [0.29, 0.717) is 34.3 Å². The van der Waals surface area contributed by atoms with Gasteiger partial charge in [0.25, 0.3) is 5.91 Å². The van der Waals surface area contributed by atoms with Crippen LogP contribution in [-0.2, 0) is 16.1 Å². The number of furan rings is 1. The molecule has 0 fully saturated rings. The molecule has 1 heterocycles. The summed E-state index contributed by atoms with van der Waals surface area (Å²) in [5.74, 6) is 0.610. The Kier molecular flexibility index (Phi) is 7.92. The summed E-state index contributed by atoms with van der Waals surface area (Å²) in [4.78, 5) is 24.1. The third-order valence-corrected chi connectivity index (χ3v) is 4.64. The highest BCUT2D eigenvalue weighted by Gasteiger charge is 2.14. The van der Waals surface area contributed by atoms with Crippen LogP contribution in [0.25, 0.3) is 6.08 Å². The van der Waals surface area contributed by atoms with E-state index in [-0.39, 0.29) is 17.9 Å². The Morgan fingerprint density at radius 3 is 2.47 bits per heavy atom. The van der Waals surface area contributed by atoms with Crippen LogP contribution >= 0.6 is 0 Å². The molecule has 0 aliphatic heterocycles. The van der Waals surface area contributed by atoms with Gasteiger partial charge in [-0.15, -0.1) is 0 Å². The first kappa shape index (κ1) is 23.9. The molecule has 3 rings (SSSR count). The first-order chi connectivity index (χ1) is 16.5. The number of esters is 1. The van der Waals surface area contributed by atoms with Crippen LogP contribution in [0.15, 0.2) is 64.6 Å². The van der Waals surface area contributed by atoms with Crippen molar-refractivity contribution < 1.29 is 33.0 Å². The molecule has 0 radical (unpaired) electrons. The van der Waals surface area contributed by atoms with Crippen molar-refractivity contribution in [2.75, 3.05) is 26.6 Å². The van der Waals surface area contributed by atoms with Crippen molar-refractivity contribution in [1.29, 1.82) is 5.26 Å².